The van der Waals surface area contributed by atoms with Gasteiger partial charge in [0.05, 0.1) is 12.5 Å². The highest BCUT2D eigenvalue weighted by molar-refractivity contribution is 5.75. The van der Waals surface area contributed by atoms with Gasteiger partial charge >= 0.3 is 5.97 Å². The maximum Gasteiger partial charge on any atom is 0.309 e. The molecule has 0 bridgehead atoms. The van der Waals surface area contributed by atoms with Gasteiger partial charge in [0.25, 0.3) is 0 Å². The highest BCUT2D eigenvalue weighted by Gasteiger charge is 2.42. The van der Waals surface area contributed by atoms with Gasteiger partial charge in [-0.2, -0.15) is 0 Å². The van der Waals surface area contributed by atoms with Crippen molar-refractivity contribution < 1.29 is 9.53 Å². The standard InChI is InChI=1S/C8H14O2.CH4/c1-3-6-5-7(6)8(9)10-4-2;/h6-7H,3-5H2,1-2H3;1H4/t6-,7-;/m1./s1. The molecule has 1 rings (SSSR count). The summed E-state index contributed by atoms with van der Waals surface area (Å²) < 4.78 is 4.86. The second kappa shape index (κ2) is 4.37. The van der Waals surface area contributed by atoms with Gasteiger partial charge in [0.1, 0.15) is 0 Å². The van der Waals surface area contributed by atoms with Crippen LogP contribution in [0.2, 0.25) is 0 Å². The third kappa shape index (κ3) is 2.52. The zero-order valence-electron chi connectivity index (χ0n) is 6.59. The molecule has 0 spiro atoms. The lowest BCUT2D eigenvalue weighted by molar-refractivity contribution is -0.145. The van der Waals surface area contributed by atoms with Gasteiger partial charge in [0.15, 0.2) is 0 Å². The molecule has 2 atom stereocenters. The van der Waals surface area contributed by atoms with Gasteiger partial charge in [0.2, 0.25) is 0 Å². The van der Waals surface area contributed by atoms with Crippen molar-refractivity contribution in [3.63, 3.8) is 0 Å². The Morgan fingerprint density at radius 2 is 2.18 bits per heavy atom. The smallest absolute Gasteiger partial charge is 0.309 e. The number of esters is 1. The average molecular weight is 158 g/mol. The minimum atomic E-state index is 0. The van der Waals surface area contributed by atoms with Crippen LogP contribution in [0.3, 0.4) is 0 Å². The summed E-state index contributed by atoms with van der Waals surface area (Å²) in [5.41, 5.74) is 0. The second-order valence-electron chi connectivity index (χ2n) is 2.76. The molecule has 0 amide bonds. The Hall–Kier alpha value is -0.530. The Morgan fingerprint density at radius 1 is 1.55 bits per heavy atom. The van der Waals surface area contributed by atoms with Crippen LogP contribution in [0.15, 0.2) is 0 Å². The quantitative estimate of drug-likeness (QED) is 0.589. The molecule has 0 radical (unpaired) electrons. The lowest BCUT2D eigenvalue weighted by Crippen LogP contribution is -2.07. The Bertz CT molecular complexity index is 132. The molecule has 0 heterocycles. The molecule has 0 aromatic heterocycles. The maximum atomic E-state index is 11.0. The minimum absolute atomic E-state index is 0. The Labute approximate surface area is 68.9 Å². The SMILES string of the molecule is C.CCOC(=O)[C@@H]1C[C@H]1CC. The van der Waals surface area contributed by atoms with Gasteiger partial charge in [-0.3, -0.25) is 4.79 Å². The van der Waals surface area contributed by atoms with Crippen molar-refractivity contribution in [3.05, 3.63) is 0 Å². The monoisotopic (exact) mass is 158 g/mol. The predicted octanol–water partition coefficient (Wildman–Crippen LogP) is 2.23. The number of ether oxygens (including phenoxy) is 1. The molecule has 66 valence electrons. The van der Waals surface area contributed by atoms with E-state index in [0.29, 0.717) is 12.5 Å². The highest BCUT2D eigenvalue weighted by Crippen LogP contribution is 2.41. The first-order valence-corrected chi connectivity index (χ1v) is 3.96. The molecule has 11 heavy (non-hydrogen) atoms. The number of carbonyl (C=O) groups excluding carboxylic acids is 1. The molecular weight excluding hydrogens is 140 g/mol. The van der Waals surface area contributed by atoms with Gasteiger partial charge in [-0.05, 0) is 19.3 Å². The first-order valence-electron chi connectivity index (χ1n) is 3.96. The van der Waals surface area contributed by atoms with E-state index in [1.54, 1.807) is 0 Å². The van der Waals surface area contributed by atoms with Crippen molar-refractivity contribution in [1.29, 1.82) is 0 Å². The minimum Gasteiger partial charge on any atom is -0.466 e. The van der Waals surface area contributed by atoms with Crippen LogP contribution in [0.1, 0.15) is 34.1 Å². The summed E-state index contributed by atoms with van der Waals surface area (Å²) >= 11 is 0. The molecule has 1 aliphatic rings. The third-order valence-corrected chi connectivity index (χ3v) is 2.04. The topological polar surface area (TPSA) is 26.3 Å². The summed E-state index contributed by atoms with van der Waals surface area (Å²) in [5, 5.41) is 0. The molecule has 0 aromatic rings. The van der Waals surface area contributed by atoms with Gasteiger partial charge in [0, 0.05) is 0 Å². The van der Waals surface area contributed by atoms with Crippen molar-refractivity contribution in [3.8, 4) is 0 Å². The van der Waals surface area contributed by atoms with Crippen LogP contribution in [0.25, 0.3) is 0 Å². The van der Waals surface area contributed by atoms with Gasteiger partial charge in [-0.15, -0.1) is 0 Å². The lowest BCUT2D eigenvalue weighted by Gasteiger charge is -1.97. The average Bonchev–Trinajstić information content (AvgIpc) is 2.66. The molecule has 1 fully saturated rings. The van der Waals surface area contributed by atoms with Gasteiger partial charge in [-0.25, -0.2) is 0 Å². The van der Waals surface area contributed by atoms with Crippen molar-refractivity contribution in [2.24, 2.45) is 11.8 Å². The molecule has 2 nitrogen and oxygen atoms in total. The summed E-state index contributed by atoms with van der Waals surface area (Å²) in [7, 11) is 0. The lowest BCUT2D eigenvalue weighted by atomic mass is 10.2. The van der Waals surface area contributed by atoms with Gasteiger partial charge in [-0.1, -0.05) is 20.8 Å². The number of carbonyl (C=O) groups is 1. The van der Waals surface area contributed by atoms with E-state index in [-0.39, 0.29) is 19.3 Å². The van der Waals surface area contributed by atoms with E-state index in [1.807, 2.05) is 6.92 Å². The van der Waals surface area contributed by atoms with E-state index in [0.717, 1.165) is 12.8 Å². The first kappa shape index (κ1) is 10.5. The Kier molecular flexibility index (Phi) is 4.16. The van der Waals surface area contributed by atoms with Crippen LogP contribution in [-0.4, -0.2) is 12.6 Å². The largest absolute Gasteiger partial charge is 0.466 e. The van der Waals surface area contributed by atoms with E-state index >= 15 is 0 Å². The summed E-state index contributed by atoms with van der Waals surface area (Å²) in [6, 6.07) is 0. The van der Waals surface area contributed by atoms with Crippen LogP contribution >= 0.6 is 0 Å². The molecule has 0 saturated heterocycles. The fourth-order valence-electron chi connectivity index (χ4n) is 1.24. The predicted molar refractivity (Wildman–Crippen MR) is 45.3 cm³/mol. The van der Waals surface area contributed by atoms with Crippen molar-refractivity contribution in [1.82, 2.24) is 0 Å². The molecule has 0 aromatic carbocycles. The fraction of sp³-hybridized carbons (Fsp3) is 0.889. The molecule has 0 unspecified atom stereocenters. The van der Waals surface area contributed by atoms with E-state index in [2.05, 4.69) is 6.92 Å². The third-order valence-electron chi connectivity index (χ3n) is 2.04. The van der Waals surface area contributed by atoms with Crippen LogP contribution in [0.4, 0.5) is 0 Å². The van der Waals surface area contributed by atoms with Crippen molar-refractivity contribution >= 4 is 5.97 Å². The van der Waals surface area contributed by atoms with Crippen LogP contribution in [0, 0.1) is 11.8 Å². The number of hydrogen-bond donors (Lipinski definition) is 0. The summed E-state index contributed by atoms with van der Waals surface area (Å²) in [6.45, 7) is 4.48. The summed E-state index contributed by atoms with van der Waals surface area (Å²) in [4.78, 5) is 11.0. The summed E-state index contributed by atoms with van der Waals surface area (Å²) in [5.74, 6) is 0.873. The molecule has 0 N–H and O–H groups in total. The van der Waals surface area contributed by atoms with E-state index in [9.17, 15) is 4.79 Å². The van der Waals surface area contributed by atoms with Crippen LogP contribution in [-0.2, 0) is 9.53 Å². The number of hydrogen-bond acceptors (Lipinski definition) is 2. The zero-order chi connectivity index (χ0) is 7.56. The van der Waals surface area contributed by atoms with Crippen molar-refractivity contribution in [2.45, 2.75) is 34.1 Å². The van der Waals surface area contributed by atoms with Crippen LogP contribution < -0.4 is 0 Å². The Morgan fingerprint density at radius 3 is 2.55 bits per heavy atom. The normalized spacial score (nSPS) is 27.1. The molecular formula is C9H18O2. The fourth-order valence-corrected chi connectivity index (χ4v) is 1.24. The zero-order valence-corrected chi connectivity index (χ0v) is 6.59. The van der Waals surface area contributed by atoms with E-state index in [4.69, 9.17) is 4.74 Å². The molecule has 1 saturated carbocycles. The second-order valence-corrected chi connectivity index (χ2v) is 2.76. The maximum absolute atomic E-state index is 11.0. The van der Waals surface area contributed by atoms with Crippen LogP contribution in [0.5, 0.6) is 0 Å². The van der Waals surface area contributed by atoms with E-state index < -0.39 is 0 Å². The molecule has 1 aliphatic carbocycles. The van der Waals surface area contributed by atoms with Crippen molar-refractivity contribution in [2.75, 3.05) is 6.61 Å². The summed E-state index contributed by atoms with van der Waals surface area (Å²) in [6.07, 6.45) is 2.17. The van der Waals surface area contributed by atoms with E-state index in [1.165, 1.54) is 0 Å². The number of rotatable bonds is 3. The molecule has 2 heteroatoms. The highest BCUT2D eigenvalue weighted by atomic mass is 16.5. The van der Waals surface area contributed by atoms with Gasteiger partial charge < -0.3 is 4.74 Å². The first-order chi connectivity index (χ1) is 4.79. The molecule has 0 aliphatic heterocycles. The Balaban J connectivity index is 0.000001000.